The number of rotatable bonds is 3. The van der Waals surface area contributed by atoms with Crippen LogP contribution in [-0.4, -0.2) is 5.91 Å². The molecule has 0 fully saturated rings. The van der Waals surface area contributed by atoms with Crippen molar-refractivity contribution in [2.45, 2.75) is 6.42 Å². The van der Waals surface area contributed by atoms with Gasteiger partial charge in [-0.25, -0.2) is 4.39 Å². The van der Waals surface area contributed by atoms with E-state index in [-0.39, 0.29) is 23.0 Å². The van der Waals surface area contributed by atoms with E-state index in [1.54, 1.807) is 24.3 Å². The maximum atomic E-state index is 13.5. The third kappa shape index (κ3) is 3.45. The minimum Gasteiger partial charge on any atom is -0.398 e. The number of amides is 1. The number of nitrogens with one attached hydrogen (secondary N) is 1. The molecule has 0 aromatic heterocycles. The molecule has 2 aromatic carbocycles. The van der Waals surface area contributed by atoms with Crippen molar-refractivity contribution in [2.24, 2.45) is 0 Å². The molecule has 3 N–H and O–H groups in total. The number of nitrogen functional groups attached to an aromatic ring is 1. The number of anilines is 2. The molecule has 0 radical (unpaired) electrons. The molecule has 0 unspecified atom stereocenters. The fraction of sp³-hybridized carbons (Fsp3) is 0.0714. The summed E-state index contributed by atoms with van der Waals surface area (Å²) >= 11 is 5.63. The molecule has 0 aliphatic heterocycles. The van der Waals surface area contributed by atoms with Crippen LogP contribution in [0.3, 0.4) is 0 Å². The number of halogens is 2. The van der Waals surface area contributed by atoms with Crippen LogP contribution in [0.4, 0.5) is 15.8 Å². The third-order valence-electron chi connectivity index (χ3n) is 2.61. The molecule has 3 nitrogen and oxygen atoms in total. The molecule has 0 atom stereocenters. The largest absolute Gasteiger partial charge is 0.398 e. The molecular formula is C14H12ClFN2O. The van der Waals surface area contributed by atoms with Gasteiger partial charge in [-0.1, -0.05) is 29.8 Å². The fourth-order valence-corrected chi connectivity index (χ4v) is 1.81. The van der Waals surface area contributed by atoms with Crippen LogP contribution in [0.5, 0.6) is 0 Å². The van der Waals surface area contributed by atoms with Crippen molar-refractivity contribution in [3.05, 3.63) is 58.9 Å². The lowest BCUT2D eigenvalue weighted by Gasteiger charge is -2.08. The van der Waals surface area contributed by atoms with Crippen molar-refractivity contribution in [1.82, 2.24) is 0 Å². The number of carbonyl (C=O) groups is 1. The van der Waals surface area contributed by atoms with Crippen LogP contribution in [0.2, 0.25) is 5.02 Å². The highest BCUT2D eigenvalue weighted by Crippen LogP contribution is 2.19. The Balaban J connectivity index is 2.08. The molecule has 0 saturated carbocycles. The molecule has 0 saturated heterocycles. The fourth-order valence-electron chi connectivity index (χ4n) is 1.65. The predicted octanol–water partition coefficient (Wildman–Crippen LogP) is 3.24. The molecule has 2 rings (SSSR count). The third-order valence-corrected chi connectivity index (χ3v) is 2.85. The van der Waals surface area contributed by atoms with Gasteiger partial charge in [0.1, 0.15) is 5.82 Å². The highest BCUT2D eigenvalue weighted by molar-refractivity contribution is 6.30. The van der Waals surface area contributed by atoms with Crippen LogP contribution in [0.1, 0.15) is 5.56 Å². The zero-order valence-corrected chi connectivity index (χ0v) is 10.7. The van der Waals surface area contributed by atoms with Crippen molar-refractivity contribution in [1.29, 1.82) is 0 Å². The number of para-hydroxylation sites is 1. The predicted molar refractivity (Wildman–Crippen MR) is 74.6 cm³/mol. The van der Waals surface area contributed by atoms with Gasteiger partial charge in [0.2, 0.25) is 5.91 Å². The molecule has 0 heterocycles. The van der Waals surface area contributed by atoms with E-state index in [0.29, 0.717) is 11.3 Å². The number of nitrogens with two attached hydrogens (primary N) is 1. The monoisotopic (exact) mass is 278 g/mol. The zero-order valence-electron chi connectivity index (χ0n) is 9.99. The summed E-state index contributed by atoms with van der Waals surface area (Å²) in [7, 11) is 0. The Hall–Kier alpha value is -2.07. The van der Waals surface area contributed by atoms with Crippen molar-refractivity contribution < 1.29 is 9.18 Å². The van der Waals surface area contributed by atoms with Gasteiger partial charge in [0.15, 0.2) is 0 Å². The molecule has 5 heteroatoms. The van der Waals surface area contributed by atoms with E-state index in [2.05, 4.69) is 5.32 Å². The van der Waals surface area contributed by atoms with Crippen LogP contribution < -0.4 is 11.1 Å². The maximum Gasteiger partial charge on any atom is 0.228 e. The lowest BCUT2D eigenvalue weighted by molar-refractivity contribution is -0.115. The molecule has 0 spiro atoms. The Morgan fingerprint density at radius 1 is 1.26 bits per heavy atom. The Morgan fingerprint density at radius 3 is 2.68 bits per heavy atom. The van der Waals surface area contributed by atoms with Crippen LogP contribution in [-0.2, 0) is 11.2 Å². The number of benzene rings is 2. The molecule has 2 aromatic rings. The van der Waals surface area contributed by atoms with Gasteiger partial charge in [0.05, 0.1) is 12.1 Å². The van der Waals surface area contributed by atoms with E-state index in [9.17, 15) is 9.18 Å². The molecule has 0 bridgehead atoms. The summed E-state index contributed by atoms with van der Waals surface area (Å²) in [5.41, 5.74) is 7.08. The summed E-state index contributed by atoms with van der Waals surface area (Å²) in [6, 6.07) is 11.1. The first-order valence-electron chi connectivity index (χ1n) is 5.64. The highest BCUT2D eigenvalue weighted by Gasteiger charge is 2.09. The van der Waals surface area contributed by atoms with Gasteiger partial charge in [0, 0.05) is 10.7 Å². The van der Waals surface area contributed by atoms with E-state index < -0.39 is 5.82 Å². The average molecular weight is 279 g/mol. The number of carbonyl (C=O) groups excluding carboxylic acids is 1. The van der Waals surface area contributed by atoms with Crippen LogP contribution in [0.25, 0.3) is 0 Å². The van der Waals surface area contributed by atoms with Crippen molar-refractivity contribution in [3.63, 3.8) is 0 Å². The molecule has 0 aliphatic carbocycles. The molecule has 0 aliphatic rings. The van der Waals surface area contributed by atoms with E-state index in [4.69, 9.17) is 17.3 Å². The number of hydrogen-bond donors (Lipinski definition) is 2. The van der Waals surface area contributed by atoms with Gasteiger partial charge >= 0.3 is 0 Å². The minimum atomic E-state index is -0.568. The first-order valence-corrected chi connectivity index (χ1v) is 6.02. The van der Waals surface area contributed by atoms with E-state index >= 15 is 0 Å². The van der Waals surface area contributed by atoms with Crippen LogP contribution >= 0.6 is 11.6 Å². The lowest BCUT2D eigenvalue weighted by atomic mass is 10.1. The lowest BCUT2D eigenvalue weighted by Crippen LogP contribution is -2.16. The normalized spacial score (nSPS) is 10.2. The summed E-state index contributed by atoms with van der Waals surface area (Å²) in [5.74, 6) is -0.902. The molecule has 1 amide bonds. The standard InChI is InChI=1S/C14H12ClFN2O/c15-10-5-6-13(11(16)8-10)18-14(19)7-9-3-1-2-4-12(9)17/h1-6,8H,7,17H2,(H,18,19). The zero-order chi connectivity index (χ0) is 13.8. The summed E-state index contributed by atoms with van der Waals surface area (Å²) in [6.45, 7) is 0. The number of hydrogen-bond acceptors (Lipinski definition) is 2. The average Bonchev–Trinajstić information content (AvgIpc) is 2.36. The van der Waals surface area contributed by atoms with Gasteiger partial charge < -0.3 is 11.1 Å². The van der Waals surface area contributed by atoms with E-state index in [1.165, 1.54) is 12.1 Å². The Kier molecular flexibility index (Phi) is 4.02. The molecule has 19 heavy (non-hydrogen) atoms. The second kappa shape index (κ2) is 5.71. The SMILES string of the molecule is Nc1ccccc1CC(=O)Nc1ccc(Cl)cc1F. The summed E-state index contributed by atoms with van der Waals surface area (Å²) in [4.78, 5) is 11.8. The Morgan fingerprint density at radius 2 is 2.00 bits per heavy atom. The maximum absolute atomic E-state index is 13.5. The van der Waals surface area contributed by atoms with Crippen molar-refractivity contribution in [2.75, 3.05) is 11.1 Å². The molecule has 98 valence electrons. The highest BCUT2D eigenvalue weighted by atomic mass is 35.5. The van der Waals surface area contributed by atoms with Gasteiger partial charge in [0.25, 0.3) is 0 Å². The van der Waals surface area contributed by atoms with Gasteiger partial charge in [-0.2, -0.15) is 0 Å². The first-order chi connectivity index (χ1) is 9.06. The topological polar surface area (TPSA) is 55.1 Å². The summed E-state index contributed by atoms with van der Waals surface area (Å²) in [6.07, 6.45) is 0.0920. The molecular weight excluding hydrogens is 267 g/mol. The van der Waals surface area contributed by atoms with E-state index in [1.807, 2.05) is 0 Å². The van der Waals surface area contributed by atoms with Crippen molar-refractivity contribution >= 4 is 28.9 Å². The van der Waals surface area contributed by atoms with E-state index in [0.717, 1.165) is 6.07 Å². The van der Waals surface area contributed by atoms with Gasteiger partial charge in [-0.05, 0) is 29.8 Å². The van der Waals surface area contributed by atoms with Crippen LogP contribution in [0.15, 0.2) is 42.5 Å². The Bertz CT molecular complexity index is 616. The van der Waals surface area contributed by atoms with Gasteiger partial charge in [-0.3, -0.25) is 4.79 Å². The Labute approximate surface area is 115 Å². The first kappa shape index (κ1) is 13.4. The second-order valence-corrected chi connectivity index (χ2v) is 4.48. The minimum absolute atomic E-state index is 0.0920. The van der Waals surface area contributed by atoms with Gasteiger partial charge in [-0.15, -0.1) is 0 Å². The quantitative estimate of drug-likeness (QED) is 0.847. The second-order valence-electron chi connectivity index (χ2n) is 4.05. The summed E-state index contributed by atoms with van der Waals surface area (Å²) in [5, 5.41) is 2.77. The van der Waals surface area contributed by atoms with Crippen LogP contribution in [0, 0.1) is 5.82 Å². The van der Waals surface area contributed by atoms with Crippen molar-refractivity contribution in [3.8, 4) is 0 Å². The summed E-state index contributed by atoms with van der Waals surface area (Å²) < 4.78 is 13.5. The smallest absolute Gasteiger partial charge is 0.228 e.